The summed E-state index contributed by atoms with van der Waals surface area (Å²) in [6.45, 7) is -1.47. The Labute approximate surface area is 182 Å². The number of benzene rings is 3. The minimum absolute atomic E-state index is 0.167. The van der Waals surface area contributed by atoms with E-state index >= 15 is 0 Å². The molecular weight excluding hydrogens is 432 g/mol. The molecule has 0 saturated heterocycles. The Morgan fingerprint density at radius 3 is 1.71 bits per heavy atom. The first-order valence-corrected chi connectivity index (χ1v) is 9.75. The largest absolute Gasteiger partial charge is 0.431 e. The van der Waals surface area contributed by atoms with E-state index in [1.165, 1.54) is 24.3 Å². The highest BCUT2D eigenvalue weighted by molar-refractivity contribution is 6.22. The van der Waals surface area contributed by atoms with Crippen molar-refractivity contribution < 1.29 is 27.4 Å². The molecule has 0 heterocycles. The van der Waals surface area contributed by atoms with Gasteiger partial charge >= 0.3 is 11.5 Å². The number of allylic oxidation sites excluding steroid dienone is 1. The number of halogens is 5. The zero-order valence-corrected chi connectivity index (χ0v) is 17.0. The van der Waals surface area contributed by atoms with Gasteiger partial charge in [0.1, 0.15) is 12.4 Å². The van der Waals surface area contributed by atoms with Crippen molar-refractivity contribution in [1.82, 2.24) is 0 Å². The van der Waals surface area contributed by atoms with E-state index in [0.29, 0.717) is 27.8 Å². The van der Waals surface area contributed by atoms with Gasteiger partial charge in [-0.05, 0) is 51.6 Å². The Bertz CT molecular complexity index is 1010. The van der Waals surface area contributed by atoms with Crippen LogP contribution in [0.25, 0.3) is 11.1 Å². The summed E-state index contributed by atoms with van der Waals surface area (Å²) < 4.78 is 59.0. The van der Waals surface area contributed by atoms with E-state index in [1.54, 1.807) is 60.7 Å². The molecule has 0 atom stereocenters. The predicted molar refractivity (Wildman–Crippen MR) is 113 cm³/mol. The van der Waals surface area contributed by atoms with Crippen LogP contribution in [0.5, 0.6) is 5.75 Å². The summed E-state index contributed by atoms with van der Waals surface area (Å²) >= 11 is 5.32. The fourth-order valence-electron chi connectivity index (χ4n) is 3.19. The van der Waals surface area contributed by atoms with Crippen molar-refractivity contribution in [1.29, 1.82) is 0 Å². The Balaban J connectivity index is 2.17. The molecule has 0 aliphatic heterocycles. The Hall–Kier alpha value is -2.83. The van der Waals surface area contributed by atoms with Gasteiger partial charge in [0, 0.05) is 0 Å². The molecule has 3 aromatic carbocycles. The lowest BCUT2D eigenvalue weighted by molar-refractivity contribution is -0.200. The number of hydrogen-bond acceptors (Lipinski definition) is 2. The minimum atomic E-state index is -3.73. The van der Waals surface area contributed by atoms with Gasteiger partial charge in [0.15, 0.2) is 0 Å². The lowest BCUT2D eigenvalue weighted by Gasteiger charge is -2.20. The van der Waals surface area contributed by atoms with Crippen LogP contribution in [0.15, 0.2) is 84.9 Å². The van der Waals surface area contributed by atoms with E-state index in [1.807, 2.05) is 0 Å². The van der Waals surface area contributed by atoms with Crippen LogP contribution in [0, 0.1) is 0 Å². The van der Waals surface area contributed by atoms with Gasteiger partial charge < -0.3 is 9.84 Å². The van der Waals surface area contributed by atoms with Crippen molar-refractivity contribution in [2.24, 2.45) is 0 Å². The first-order chi connectivity index (χ1) is 14.7. The molecule has 3 rings (SSSR count). The second-order valence-corrected chi connectivity index (χ2v) is 7.35. The van der Waals surface area contributed by atoms with Gasteiger partial charge in [0.2, 0.25) is 0 Å². The van der Waals surface area contributed by atoms with Crippen molar-refractivity contribution in [2.45, 2.75) is 17.9 Å². The lowest BCUT2D eigenvalue weighted by atomic mass is 9.88. The predicted octanol–water partition coefficient (Wildman–Crippen LogP) is 6.83. The molecule has 162 valence electrons. The minimum Gasteiger partial charge on any atom is -0.431 e. The average Bonchev–Trinajstić information content (AvgIpc) is 2.75. The summed E-state index contributed by atoms with van der Waals surface area (Å²) in [4.78, 5) is 0. The summed E-state index contributed by atoms with van der Waals surface area (Å²) in [5.74, 6) is -0.167. The molecule has 0 aromatic heterocycles. The van der Waals surface area contributed by atoms with Crippen molar-refractivity contribution in [2.75, 3.05) is 6.61 Å². The molecule has 0 spiro atoms. The van der Waals surface area contributed by atoms with E-state index in [4.69, 9.17) is 16.7 Å². The van der Waals surface area contributed by atoms with E-state index in [2.05, 4.69) is 4.74 Å². The van der Waals surface area contributed by atoms with Crippen molar-refractivity contribution in [3.63, 3.8) is 0 Å². The number of aliphatic hydroxyl groups is 1. The van der Waals surface area contributed by atoms with Crippen LogP contribution < -0.4 is 4.74 Å². The third kappa shape index (κ3) is 6.32. The van der Waals surface area contributed by atoms with Crippen LogP contribution in [-0.2, 0) is 0 Å². The summed E-state index contributed by atoms with van der Waals surface area (Å²) in [7, 11) is 0. The number of ether oxygens (including phenoxy) is 1. The number of hydrogen-bond donors (Lipinski definition) is 1. The number of aliphatic hydroxyl groups excluding tert-OH is 1. The molecule has 1 N–H and O–H groups in total. The summed E-state index contributed by atoms with van der Waals surface area (Å²) in [6, 6.07) is 23.1. The molecule has 2 nitrogen and oxygen atoms in total. The Kier molecular flexibility index (Phi) is 7.03. The molecule has 0 saturated carbocycles. The smallest absolute Gasteiger partial charge is 0.421 e. The van der Waals surface area contributed by atoms with E-state index in [0.717, 1.165) is 0 Å². The van der Waals surface area contributed by atoms with Crippen LogP contribution in [0.4, 0.5) is 17.6 Å². The third-order valence-corrected chi connectivity index (χ3v) is 4.59. The van der Waals surface area contributed by atoms with Crippen LogP contribution in [-0.4, -0.2) is 23.2 Å². The Morgan fingerprint density at radius 1 is 0.742 bits per heavy atom. The zero-order valence-electron chi connectivity index (χ0n) is 16.2. The monoisotopic (exact) mass is 450 g/mol. The van der Waals surface area contributed by atoms with Crippen LogP contribution in [0.3, 0.4) is 0 Å². The van der Waals surface area contributed by atoms with Gasteiger partial charge in [0.05, 0.1) is 6.42 Å². The van der Waals surface area contributed by atoms with Gasteiger partial charge in [-0.15, -0.1) is 0 Å². The maximum atomic E-state index is 13.9. The summed E-state index contributed by atoms with van der Waals surface area (Å²) in [5, 5.41) is 5.20. The highest BCUT2D eigenvalue weighted by atomic mass is 35.5. The van der Waals surface area contributed by atoms with E-state index in [9.17, 15) is 17.6 Å². The first-order valence-electron chi connectivity index (χ1n) is 9.37. The number of rotatable bonds is 8. The van der Waals surface area contributed by atoms with Crippen molar-refractivity contribution in [3.8, 4) is 5.75 Å². The lowest BCUT2D eigenvalue weighted by Crippen LogP contribution is -2.28. The second kappa shape index (κ2) is 9.54. The quantitative estimate of drug-likeness (QED) is 0.231. The normalized spacial score (nSPS) is 13.0. The summed E-state index contributed by atoms with van der Waals surface area (Å²) in [6.07, 6.45) is -4.46. The molecule has 31 heavy (non-hydrogen) atoms. The van der Waals surface area contributed by atoms with E-state index in [-0.39, 0.29) is 5.75 Å². The summed E-state index contributed by atoms with van der Waals surface area (Å²) in [5.41, 5.74) is 2.55. The van der Waals surface area contributed by atoms with Gasteiger partial charge in [-0.25, -0.2) is 0 Å². The van der Waals surface area contributed by atoms with Gasteiger partial charge in [-0.2, -0.15) is 17.6 Å². The fourth-order valence-corrected chi connectivity index (χ4v) is 3.32. The van der Waals surface area contributed by atoms with Crippen LogP contribution in [0.1, 0.15) is 23.1 Å². The fraction of sp³-hybridized carbons (Fsp3) is 0.167. The van der Waals surface area contributed by atoms with Crippen molar-refractivity contribution in [3.05, 3.63) is 102 Å². The molecule has 7 heteroatoms. The molecule has 0 bridgehead atoms. The second-order valence-electron chi connectivity index (χ2n) is 6.80. The molecule has 0 aliphatic carbocycles. The molecule has 0 aliphatic rings. The third-order valence-electron chi connectivity index (χ3n) is 4.46. The maximum absolute atomic E-state index is 13.9. The zero-order chi connectivity index (χ0) is 22.5. The van der Waals surface area contributed by atoms with E-state index < -0.39 is 24.5 Å². The van der Waals surface area contributed by atoms with Gasteiger partial charge in [-0.3, -0.25) is 0 Å². The first kappa shape index (κ1) is 22.8. The molecule has 0 amide bonds. The molecule has 0 radical (unpaired) electrons. The van der Waals surface area contributed by atoms with Gasteiger partial charge in [0.25, 0.3) is 0 Å². The molecule has 3 aromatic rings. The highest BCUT2D eigenvalue weighted by Gasteiger charge is 2.31. The average molecular weight is 451 g/mol. The van der Waals surface area contributed by atoms with Gasteiger partial charge in [-0.1, -0.05) is 72.8 Å². The molecule has 0 fully saturated rings. The topological polar surface area (TPSA) is 29.5 Å². The van der Waals surface area contributed by atoms with Crippen LogP contribution >= 0.6 is 11.6 Å². The molecular formula is C24H19ClF4O2. The van der Waals surface area contributed by atoms with Crippen molar-refractivity contribution >= 4 is 22.7 Å². The highest BCUT2D eigenvalue weighted by Crippen LogP contribution is 2.40. The molecule has 0 unspecified atom stereocenters. The standard InChI is InChI=1S/C24H19ClF4O2/c25-23(26,27)15-21(17-7-3-1-4-8-17)22(18-9-5-2-6-10-18)19-11-13-20(14-12-19)31-24(28,29)16-30/h1-14,30H,15-16H2/b22-21-. The maximum Gasteiger partial charge on any atom is 0.421 e. The van der Waals surface area contributed by atoms with Crippen LogP contribution in [0.2, 0.25) is 0 Å². The Morgan fingerprint density at radius 2 is 1.23 bits per heavy atom. The number of alkyl halides is 5. The SMILES string of the molecule is OCC(F)(F)Oc1ccc(/C(=C(/CC(F)(F)Cl)c2ccccc2)c2ccccc2)cc1.